The fourth-order valence-corrected chi connectivity index (χ4v) is 4.38. The molecular weight excluding hydrogens is 402 g/mol. The molecule has 1 aromatic heterocycles. The summed E-state index contributed by atoms with van der Waals surface area (Å²) < 4.78 is 7.50. The number of hydrogen-bond acceptors (Lipinski definition) is 7. The average molecular weight is 421 g/mol. The Kier molecular flexibility index (Phi) is 5.42. The molecule has 9 heteroatoms. The van der Waals surface area contributed by atoms with E-state index in [-0.39, 0.29) is 11.4 Å². The van der Waals surface area contributed by atoms with E-state index < -0.39 is 4.92 Å². The highest BCUT2D eigenvalue weighted by molar-refractivity contribution is 7.99. The summed E-state index contributed by atoms with van der Waals surface area (Å²) in [5.41, 5.74) is 1.80. The van der Waals surface area contributed by atoms with Gasteiger partial charge in [0.15, 0.2) is 10.8 Å². The maximum absolute atomic E-state index is 11.2. The van der Waals surface area contributed by atoms with Crippen molar-refractivity contribution < 1.29 is 9.66 Å². The Labute approximate surface area is 177 Å². The van der Waals surface area contributed by atoms with E-state index in [2.05, 4.69) is 21.1 Å². The lowest BCUT2D eigenvalue weighted by molar-refractivity contribution is -0.384. The first-order chi connectivity index (χ1) is 14.6. The van der Waals surface area contributed by atoms with Crippen LogP contribution in [0.5, 0.6) is 5.75 Å². The highest BCUT2D eigenvalue weighted by Crippen LogP contribution is 2.39. The number of imidazole rings is 1. The fourth-order valence-electron chi connectivity index (χ4n) is 3.28. The summed E-state index contributed by atoms with van der Waals surface area (Å²) in [7, 11) is 1.61. The first-order valence-electron chi connectivity index (χ1n) is 9.37. The van der Waals surface area contributed by atoms with Gasteiger partial charge in [0, 0.05) is 37.1 Å². The second kappa shape index (κ2) is 8.16. The van der Waals surface area contributed by atoms with Gasteiger partial charge in [0.25, 0.3) is 5.69 Å². The molecule has 0 atom stereocenters. The summed E-state index contributed by atoms with van der Waals surface area (Å²) in [6.45, 7) is 0. The average Bonchev–Trinajstić information content (AvgIpc) is 3.43. The van der Waals surface area contributed by atoms with E-state index in [9.17, 15) is 10.1 Å². The zero-order valence-electron chi connectivity index (χ0n) is 16.3. The van der Waals surface area contributed by atoms with Crippen molar-refractivity contribution in [3.8, 4) is 23.8 Å². The summed E-state index contributed by atoms with van der Waals surface area (Å²) in [6, 6.07) is 12.3. The van der Waals surface area contributed by atoms with Gasteiger partial charge < -0.3 is 4.74 Å². The molecule has 2 aromatic carbocycles. The number of nitrogens with zero attached hydrogens (tertiary/aromatic N) is 5. The quantitative estimate of drug-likeness (QED) is 0.210. The standard InChI is InChI=1S/C21H19N5O3S/c1-3-4-11-21(23-24-21)12-13-30-20-22-16-14-15(26(27)28)9-10-17(16)25(20)18-7-5-6-8-19(18)29-2/h1,5-10,14H,4,11-13H2,2H3. The van der Waals surface area contributed by atoms with Gasteiger partial charge in [-0.1, -0.05) is 23.9 Å². The normalized spacial score (nSPS) is 13.9. The summed E-state index contributed by atoms with van der Waals surface area (Å²) in [6.07, 6.45) is 7.51. The van der Waals surface area contributed by atoms with Crippen LogP contribution in [-0.2, 0) is 0 Å². The van der Waals surface area contributed by atoms with Gasteiger partial charge in [0.2, 0.25) is 0 Å². The molecule has 0 aliphatic carbocycles. The summed E-state index contributed by atoms with van der Waals surface area (Å²) in [5.74, 6) is 4.06. The van der Waals surface area contributed by atoms with Crippen LogP contribution in [0.3, 0.4) is 0 Å². The van der Waals surface area contributed by atoms with E-state index in [1.54, 1.807) is 24.9 Å². The molecule has 0 radical (unpaired) electrons. The van der Waals surface area contributed by atoms with Crippen LogP contribution in [0, 0.1) is 22.5 Å². The van der Waals surface area contributed by atoms with Crippen LogP contribution in [0.1, 0.15) is 19.3 Å². The van der Waals surface area contributed by atoms with Gasteiger partial charge in [0.1, 0.15) is 5.75 Å². The molecule has 2 heterocycles. The second-order valence-electron chi connectivity index (χ2n) is 6.82. The number of rotatable bonds is 9. The molecule has 0 fully saturated rings. The van der Waals surface area contributed by atoms with E-state index in [1.807, 2.05) is 28.8 Å². The van der Waals surface area contributed by atoms with Gasteiger partial charge in [-0.2, -0.15) is 10.2 Å². The minimum Gasteiger partial charge on any atom is -0.495 e. The van der Waals surface area contributed by atoms with Crippen molar-refractivity contribution in [3.05, 3.63) is 52.6 Å². The van der Waals surface area contributed by atoms with Gasteiger partial charge in [-0.25, -0.2) is 4.98 Å². The second-order valence-corrected chi connectivity index (χ2v) is 7.88. The number of ether oxygens (including phenoxy) is 1. The fraction of sp³-hybridized carbons (Fsp3) is 0.286. The van der Waals surface area contributed by atoms with Crippen molar-refractivity contribution in [2.45, 2.75) is 30.1 Å². The van der Waals surface area contributed by atoms with Gasteiger partial charge >= 0.3 is 0 Å². The third kappa shape index (κ3) is 3.86. The molecule has 30 heavy (non-hydrogen) atoms. The van der Waals surface area contributed by atoms with Crippen molar-refractivity contribution in [1.29, 1.82) is 0 Å². The third-order valence-electron chi connectivity index (χ3n) is 4.93. The molecule has 8 nitrogen and oxygen atoms in total. The van der Waals surface area contributed by atoms with Gasteiger partial charge in [0.05, 0.1) is 28.8 Å². The first-order valence-corrected chi connectivity index (χ1v) is 10.4. The smallest absolute Gasteiger partial charge is 0.271 e. The number of terminal acetylenes is 1. The van der Waals surface area contributed by atoms with E-state index in [0.717, 1.165) is 35.0 Å². The Hall–Kier alpha value is -3.38. The Morgan fingerprint density at radius 1 is 1.27 bits per heavy atom. The Morgan fingerprint density at radius 3 is 2.77 bits per heavy atom. The number of methoxy groups -OCH3 is 1. The molecule has 0 N–H and O–H groups in total. The van der Waals surface area contributed by atoms with Crippen LogP contribution in [0.4, 0.5) is 5.69 Å². The summed E-state index contributed by atoms with van der Waals surface area (Å²) >= 11 is 1.56. The lowest BCUT2D eigenvalue weighted by atomic mass is 10.1. The number of para-hydroxylation sites is 2. The number of aromatic nitrogens is 2. The maximum Gasteiger partial charge on any atom is 0.271 e. The molecule has 0 unspecified atom stereocenters. The SMILES string of the molecule is C#CCCC1(CCSc2nc3cc([N+](=O)[O-])ccc3n2-c2ccccc2OC)N=N1. The minimum absolute atomic E-state index is 0.00699. The predicted molar refractivity (Wildman–Crippen MR) is 115 cm³/mol. The highest BCUT2D eigenvalue weighted by Gasteiger charge is 2.38. The van der Waals surface area contributed by atoms with Gasteiger partial charge in [-0.15, -0.1) is 12.3 Å². The molecule has 4 rings (SSSR count). The molecule has 0 saturated carbocycles. The van der Waals surface area contributed by atoms with E-state index in [0.29, 0.717) is 17.7 Å². The Morgan fingerprint density at radius 2 is 2.07 bits per heavy atom. The number of hydrogen-bond donors (Lipinski definition) is 0. The van der Waals surface area contributed by atoms with Crippen molar-refractivity contribution in [2.75, 3.05) is 12.9 Å². The lowest BCUT2D eigenvalue weighted by Crippen LogP contribution is -2.11. The number of non-ortho nitro benzene ring substituents is 1. The Bertz CT molecular complexity index is 1180. The number of nitro benzene ring substituents is 1. The monoisotopic (exact) mass is 421 g/mol. The van der Waals surface area contributed by atoms with Crippen LogP contribution in [0.25, 0.3) is 16.7 Å². The maximum atomic E-state index is 11.2. The van der Waals surface area contributed by atoms with E-state index >= 15 is 0 Å². The molecule has 1 aliphatic rings. The highest BCUT2D eigenvalue weighted by atomic mass is 32.2. The number of fused-ring (bicyclic) bond motifs is 1. The van der Waals surface area contributed by atoms with Crippen LogP contribution in [-0.4, -0.2) is 33.0 Å². The predicted octanol–water partition coefficient (Wildman–Crippen LogP) is 5.00. The molecule has 152 valence electrons. The molecule has 1 aliphatic heterocycles. The van der Waals surface area contributed by atoms with Gasteiger partial charge in [-0.05, 0) is 18.2 Å². The molecule has 0 saturated heterocycles. The molecule has 0 amide bonds. The molecule has 3 aromatic rings. The largest absolute Gasteiger partial charge is 0.495 e. The van der Waals surface area contributed by atoms with Crippen LogP contribution in [0.15, 0.2) is 57.8 Å². The van der Waals surface area contributed by atoms with Gasteiger partial charge in [-0.3, -0.25) is 14.7 Å². The summed E-state index contributed by atoms with van der Waals surface area (Å²) in [4.78, 5) is 15.5. The minimum atomic E-state index is -0.417. The van der Waals surface area contributed by atoms with Crippen LogP contribution < -0.4 is 4.74 Å². The number of nitro groups is 1. The van der Waals surface area contributed by atoms with Crippen molar-refractivity contribution in [2.24, 2.45) is 10.2 Å². The van der Waals surface area contributed by atoms with Crippen molar-refractivity contribution in [1.82, 2.24) is 9.55 Å². The van der Waals surface area contributed by atoms with Crippen molar-refractivity contribution >= 4 is 28.5 Å². The molecular formula is C21H19N5O3S. The first kappa shape index (κ1) is 19.9. The van der Waals surface area contributed by atoms with Crippen LogP contribution >= 0.6 is 11.8 Å². The topological polar surface area (TPSA) is 94.9 Å². The zero-order valence-corrected chi connectivity index (χ0v) is 17.1. The van der Waals surface area contributed by atoms with Crippen molar-refractivity contribution in [3.63, 3.8) is 0 Å². The Balaban J connectivity index is 1.69. The third-order valence-corrected chi connectivity index (χ3v) is 5.87. The number of benzene rings is 2. The van der Waals surface area contributed by atoms with E-state index in [1.165, 1.54) is 12.1 Å². The molecule has 0 bridgehead atoms. The summed E-state index contributed by atoms with van der Waals surface area (Å²) in [5, 5.41) is 20.3. The van der Waals surface area contributed by atoms with Crippen LogP contribution in [0.2, 0.25) is 0 Å². The van der Waals surface area contributed by atoms with E-state index in [4.69, 9.17) is 11.2 Å². The lowest BCUT2D eigenvalue weighted by Gasteiger charge is -2.13. The zero-order chi connectivity index (χ0) is 21.1. The molecule has 0 spiro atoms. The number of thioether (sulfide) groups is 1.